The van der Waals surface area contributed by atoms with E-state index in [4.69, 9.17) is 4.74 Å². The molecule has 0 fully saturated rings. The van der Waals surface area contributed by atoms with Gasteiger partial charge in [-0.2, -0.15) is 0 Å². The molecular weight excluding hydrogens is 267 g/mol. The molecule has 0 N–H and O–H groups in total. The van der Waals surface area contributed by atoms with Gasteiger partial charge < -0.3 is 4.74 Å². The highest BCUT2D eigenvalue weighted by Crippen LogP contribution is 2.06. The van der Waals surface area contributed by atoms with Crippen LogP contribution < -0.4 is 0 Å². The highest BCUT2D eigenvalue weighted by Gasteiger charge is 2.03. The molecule has 2 nitrogen and oxygen atoms in total. The Bertz CT molecular complexity index is 233. The van der Waals surface area contributed by atoms with Crippen molar-refractivity contribution < 1.29 is 9.53 Å². The fraction of sp³-hybridized carbons (Fsp3) is 0.444. The molecule has 0 rings (SSSR count). The number of hydrogen-bond donors (Lipinski definition) is 0. The third-order valence-electron chi connectivity index (χ3n) is 0.948. The molecule has 0 radical (unpaired) electrons. The van der Waals surface area contributed by atoms with Gasteiger partial charge in [-0.15, -0.1) is 0 Å². The van der Waals surface area contributed by atoms with E-state index < -0.39 is 0 Å². The van der Waals surface area contributed by atoms with Gasteiger partial charge in [-0.1, -0.05) is 18.8 Å². The van der Waals surface area contributed by atoms with Crippen LogP contribution in [0, 0.1) is 11.8 Å². The smallest absolute Gasteiger partial charge is 0.345 e. The van der Waals surface area contributed by atoms with E-state index in [-0.39, 0.29) is 5.97 Å². The van der Waals surface area contributed by atoms with E-state index in [1.807, 2.05) is 29.5 Å². The molecule has 66 valence electrons. The largest absolute Gasteiger partial charge is 0.462 e. The maximum absolute atomic E-state index is 11.0. The van der Waals surface area contributed by atoms with Crippen LogP contribution in [-0.4, -0.2) is 12.6 Å². The minimum absolute atomic E-state index is 0.302. The van der Waals surface area contributed by atoms with Gasteiger partial charge in [0.15, 0.2) is 0 Å². The van der Waals surface area contributed by atoms with Crippen molar-refractivity contribution in [2.75, 3.05) is 6.61 Å². The highest BCUT2D eigenvalue weighted by atomic mass is 127. The molecule has 0 aromatic carbocycles. The van der Waals surface area contributed by atoms with Gasteiger partial charge in [0.05, 0.1) is 6.61 Å². The molecule has 0 aliphatic carbocycles. The molecule has 0 spiro atoms. The fourth-order valence-corrected chi connectivity index (χ4v) is 0.787. The van der Waals surface area contributed by atoms with Crippen LogP contribution in [0.3, 0.4) is 0 Å². The summed E-state index contributed by atoms with van der Waals surface area (Å²) >= 11 is 1.91. The fourth-order valence-electron chi connectivity index (χ4n) is 0.475. The van der Waals surface area contributed by atoms with Gasteiger partial charge in [0.1, 0.15) is 3.58 Å². The predicted molar refractivity (Wildman–Crippen MR) is 56.8 cm³/mol. The molecule has 0 amide bonds. The van der Waals surface area contributed by atoms with E-state index in [1.54, 1.807) is 13.0 Å². The van der Waals surface area contributed by atoms with Crippen LogP contribution >= 0.6 is 22.6 Å². The SMILES string of the molecule is CCC#C/C=C(\I)C(=O)OCC. The first-order chi connectivity index (χ1) is 5.72. The maximum atomic E-state index is 11.0. The first kappa shape index (κ1) is 11.5. The Labute approximate surface area is 86.5 Å². The van der Waals surface area contributed by atoms with Crippen molar-refractivity contribution in [2.45, 2.75) is 20.3 Å². The zero-order valence-corrected chi connectivity index (χ0v) is 9.34. The van der Waals surface area contributed by atoms with Crippen molar-refractivity contribution in [3.05, 3.63) is 9.66 Å². The van der Waals surface area contributed by atoms with Crippen molar-refractivity contribution >= 4 is 28.6 Å². The normalized spacial score (nSPS) is 10.1. The molecule has 0 heterocycles. The quantitative estimate of drug-likeness (QED) is 0.335. The summed E-state index contributed by atoms with van der Waals surface area (Å²) in [7, 11) is 0. The monoisotopic (exact) mass is 278 g/mol. The van der Waals surface area contributed by atoms with Crippen molar-refractivity contribution in [1.29, 1.82) is 0 Å². The molecule has 0 aliphatic rings. The lowest BCUT2D eigenvalue weighted by molar-refractivity contribution is -0.137. The zero-order chi connectivity index (χ0) is 9.40. The van der Waals surface area contributed by atoms with E-state index in [0.717, 1.165) is 6.42 Å². The summed E-state index contributed by atoms with van der Waals surface area (Å²) in [4.78, 5) is 11.0. The lowest BCUT2D eigenvalue weighted by Crippen LogP contribution is -2.02. The lowest BCUT2D eigenvalue weighted by atomic mass is 10.4. The van der Waals surface area contributed by atoms with E-state index >= 15 is 0 Å². The van der Waals surface area contributed by atoms with Gasteiger partial charge >= 0.3 is 5.97 Å². The highest BCUT2D eigenvalue weighted by molar-refractivity contribution is 14.1. The molecule has 0 bridgehead atoms. The molecule has 0 unspecified atom stereocenters. The first-order valence-electron chi connectivity index (χ1n) is 3.73. The lowest BCUT2D eigenvalue weighted by Gasteiger charge is -1.96. The van der Waals surface area contributed by atoms with E-state index in [9.17, 15) is 4.79 Å². The Balaban J connectivity index is 4.08. The minimum atomic E-state index is -0.302. The second-order valence-electron chi connectivity index (χ2n) is 1.89. The van der Waals surface area contributed by atoms with E-state index in [0.29, 0.717) is 10.2 Å². The van der Waals surface area contributed by atoms with Crippen LogP contribution in [0.4, 0.5) is 0 Å². The molecule has 0 saturated heterocycles. The molecule has 0 saturated carbocycles. The summed E-state index contributed by atoms with van der Waals surface area (Å²) in [5, 5.41) is 0. The first-order valence-corrected chi connectivity index (χ1v) is 4.81. The number of halogens is 1. The number of ether oxygens (including phenoxy) is 1. The molecule has 12 heavy (non-hydrogen) atoms. The average molecular weight is 278 g/mol. The van der Waals surface area contributed by atoms with Gasteiger partial charge in [-0.25, -0.2) is 4.79 Å². The Morgan fingerprint density at radius 3 is 2.75 bits per heavy atom. The summed E-state index contributed by atoms with van der Waals surface area (Å²) in [6.45, 7) is 4.14. The van der Waals surface area contributed by atoms with Crippen molar-refractivity contribution in [2.24, 2.45) is 0 Å². The maximum Gasteiger partial charge on any atom is 0.345 e. The molecule has 0 aliphatic heterocycles. The number of esters is 1. The topological polar surface area (TPSA) is 26.3 Å². The van der Waals surface area contributed by atoms with Crippen molar-refractivity contribution in [1.82, 2.24) is 0 Å². The molecule has 0 atom stereocenters. The number of hydrogen-bond acceptors (Lipinski definition) is 2. The van der Waals surface area contributed by atoms with Crippen molar-refractivity contribution in [3.63, 3.8) is 0 Å². The van der Waals surface area contributed by atoms with Gasteiger partial charge in [-0.05, 0) is 29.5 Å². The van der Waals surface area contributed by atoms with Gasteiger partial charge in [0, 0.05) is 12.5 Å². The van der Waals surface area contributed by atoms with Crippen LogP contribution in [0.25, 0.3) is 0 Å². The second-order valence-corrected chi connectivity index (χ2v) is 3.05. The second kappa shape index (κ2) is 7.17. The number of allylic oxidation sites excluding steroid dienone is 1. The predicted octanol–water partition coefficient (Wildman–Crippen LogP) is 2.28. The Hall–Kier alpha value is -0.500. The van der Waals surface area contributed by atoms with E-state index in [2.05, 4.69) is 11.8 Å². The standard InChI is InChI=1S/C9H11IO2/c1-3-5-6-7-8(10)9(11)12-4-2/h7H,3-4H2,1-2H3/b8-7-. The van der Waals surface area contributed by atoms with Crippen LogP contribution in [0.2, 0.25) is 0 Å². The third kappa shape index (κ3) is 5.19. The Kier molecular flexibility index (Phi) is 6.87. The van der Waals surface area contributed by atoms with Crippen molar-refractivity contribution in [3.8, 4) is 11.8 Å². The molecular formula is C9H11IO2. The minimum Gasteiger partial charge on any atom is -0.462 e. The van der Waals surface area contributed by atoms with E-state index in [1.165, 1.54) is 0 Å². The number of carbonyl (C=O) groups excluding carboxylic acids is 1. The number of rotatable bonds is 2. The van der Waals surface area contributed by atoms with Crippen LogP contribution in [0.15, 0.2) is 9.66 Å². The van der Waals surface area contributed by atoms with Gasteiger partial charge in [0.2, 0.25) is 0 Å². The van der Waals surface area contributed by atoms with Crippen LogP contribution in [0.5, 0.6) is 0 Å². The van der Waals surface area contributed by atoms with Gasteiger partial charge in [-0.3, -0.25) is 0 Å². The Morgan fingerprint density at radius 2 is 2.25 bits per heavy atom. The summed E-state index contributed by atoms with van der Waals surface area (Å²) in [5.74, 6) is 5.29. The molecule has 0 aromatic rings. The summed E-state index contributed by atoms with van der Waals surface area (Å²) in [6, 6.07) is 0. The molecule has 3 heteroatoms. The average Bonchev–Trinajstić information content (AvgIpc) is 2.05. The Morgan fingerprint density at radius 1 is 1.58 bits per heavy atom. The third-order valence-corrected chi connectivity index (χ3v) is 1.70. The zero-order valence-electron chi connectivity index (χ0n) is 7.19. The summed E-state index contributed by atoms with van der Waals surface area (Å²) < 4.78 is 5.28. The molecule has 0 aromatic heterocycles. The van der Waals surface area contributed by atoms with Gasteiger partial charge in [0.25, 0.3) is 0 Å². The summed E-state index contributed by atoms with van der Waals surface area (Å²) in [6.07, 6.45) is 2.37. The summed E-state index contributed by atoms with van der Waals surface area (Å²) in [5.41, 5.74) is 0. The van der Waals surface area contributed by atoms with Crippen LogP contribution in [0.1, 0.15) is 20.3 Å². The number of carbonyl (C=O) groups is 1. The van der Waals surface area contributed by atoms with Crippen LogP contribution in [-0.2, 0) is 9.53 Å².